The van der Waals surface area contributed by atoms with E-state index in [1.54, 1.807) is 0 Å². The smallest absolute Gasteiger partial charge is 0.0555 e. The molecule has 0 spiro atoms. The van der Waals surface area contributed by atoms with Gasteiger partial charge in [0.2, 0.25) is 0 Å². The predicted octanol–water partition coefficient (Wildman–Crippen LogP) is 2.41. The minimum Gasteiger partial charge on any atom is -0.0881 e. The van der Waals surface area contributed by atoms with Gasteiger partial charge in [0.05, 0.1) is 6.04 Å². The third-order valence-corrected chi connectivity index (χ3v) is 1.43. The van der Waals surface area contributed by atoms with Gasteiger partial charge in [-0.05, 0) is 24.8 Å². The SMILES string of the molecule is [N-]=[N+]=NC1C=CCCC1. The van der Waals surface area contributed by atoms with Crippen LogP contribution in [0.5, 0.6) is 0 Å². The lowest BCUT2D eigenvalue weighted by molar-refractivity contribution is 0.642. The summed E-state index contributed by atoms with van der Waals surface area (Å²) in [5, 5.41) is 3.58. The molecule has 9 heavy (non-hydrogen) atoms. The van der Waals surface area contributed by atoms with E-state index >= 15 is 0 Å². The maximum atomic E-state index is 8.04. The Balaban J connectivity index is 2.49. The average Bonchev–Trinajstić information content (AvgIpc) is 1.91. The highest BCUT2D eigenvalue weighted by Gasteiger charge is 2.03. The normalized spacial score (nSPS) is 25.1. The van der Waals surface area contributed by atoms with Gasteiger partial charge in [0.25, 0.3) is 0 Å². The lowest BCUT2D eigenvalue weighted by Crippen LogP contribution is -2.01. The van der Waals surface area contributed by atoms with Crippen LogP contribution in [0.15, 0.2) is 17.3 Å². The molecule has 0 aromatic rings. The highest BCUT2D eigenvalue weighted by molar-refractivity contribution is 4.97. The second kappa shape index (κ2) is 3.15. The molecule has 0 fully saturated rings. The summed E-state index contributed by atoms with van der Waals surface area (Å²) in [5.74, 6) is 0. The average molecular weight is 123 g/mol. The molecule has 0 heterocycles. The molecule has 0 N–H and O–H groups in total. The molecule has 0 saturated heterocycles. The van der Waals surface area contributed by atoms with Crippen LogP contribution < -0.4 is 0 Å². The van der Waals surface area contributed by atoms with Gasteiger partial charge in [-0.25, -0.2) is 0 Å². The van der Waals surface area contributed by atoms with Crippen molar-refractivity contribution in [1.82, 2.24) is 0 Å². The maximum Gasteiger partial charge on any atom is 0.0555 e. The van der Waals surface area contributed by atoms with Crippen molar-refractivity contribution >= 4 is 0 Å². The summed E-state index contributed by atoms with van der Waals surface area (Å²) < 4.78 is 0. The summed E-state index contributed by atoms with van der Waals surface area (Å²) in [6, 6.07) is 0.128. The first-order valence-electron chi connectivity index (χ1n) is 3.14. The van der Waals surface area contributed by atoms with E-state index in [9.17, 15) is 0 Å². The van der Waals surface area contributed by atoms with Crippen molar-refractivity contribution < 1.29 is 0 Å². The van der Waals surface area contributed by atoms with Crippen LogP contribution in [0, 0.1) is 0 Å². The van der Waals surface area contributed by atoms with E-state index in [0.717, 1.165) is 19.3 Å². The van der Waals surface area contributed by atoms with Crippen molar-refractivity contribution in [3.05, 3.63) is 22.6 Å². The van der Waals surface area contributed by atoms with E-state index < -0.39 is 0 Å². The van der Waals surface area contributed by atoms with Crippen LogP contribution in [-0.4, -0.2) is 6.04 Å². The molecule has 1 atom stereocenters. The number of allylic oxidation sites excluding steroid dienone is 1. The summed E-state index contributed by atoms with van der Waals surface area (Å²) in [4.78, 5) is 2.73. The Kier molecular flexibility index (Phi) is 2.16. The molecule has 0 aliphatic heterocycles. The van der Waals surface area contributed by atoms with Gasteiger partial charge in [-0.3, -0.25) is 0 Å². The second-order valence-corrected chi connectivity index (χ2v) is 2.13. The highest BCUT2D eigenvalue weighted by atomic mass is 15.1. The van der Waals surface area contributed by atoms with Gasteiger partial charge < -0.3 is 0 Å². The zero-order valence-corrected chi connectivity index (χ0v) is 5.20. The number of azide groups is 1. The minimum atomic E-state index is 0.128. The summed E-state index contributed by atoms with van der Waals surface area (Å²) >= 11 is 0. The van der Waals surface area contributed by atoms with Gasteiger partial charge in [-0.15, -0.1) is 0 Å². The first-order valence-corrected chi connectivity index (χ1v) is 3.14. The van der Waals surface area contributed by atoms with Crippen LogP contribution in [0.1, 0.15) is 19.3 Å². The number of hydrogen-bond acceptors (Lipinski definition) is 1. The van der Waals surface area contributed by atoms with E-state index in [1.165, 1.54) is 0 Å². The molecule has 0 radical (unpaired) electrons. The fraction of sp³-hybridized carbons (Fsp3) is 0.667. The van der Waals surface area contributed by atoms with Crippen LogP contribution in [0.2, 0.25) is 0 Å². The van der Waals surface area contributed by atoms with Gasteiger partial charge >= 0.3 is 0 Å². The summed E-state index contributed by atoms with van der Waals surface area (Å²) in [7, 11) is 0. The van der Waals surface area contributed by atoms with Gasteiger partial charge in [0.15, 0.2) is 0 Å². The summed E-state index contributed by atoms with van der Waals surface area (Å²) in [5.41, 5.74) is 8.04. The fourth-order valence-corrected chi connectivity index (χ4v) is 0.957. The third-order valence-electron chi connectivity index (χ3n) is 1.43. The standard InChI is InChI=1S/C6H9N3/c7-9-8-6-4-2-1-3-5-6/h2,4,6H,1,3,5H2. The molecule has 1 rings (SSSR count). The van der Waals surface area contributed by atoms with Crippen LogP contribution in [0.3, 0.4) is 0 Å². The van der Waals surface area contributed by atoms with E-state index in [0.29, 0.717) is 0 Å². The van der Waals surface area contributed by atoms with Gasteiger partial charge in [0.1, 0.15) is 0 Å². The Morgan fingerprint density at radius 2 is 2.56 bits per heavy atom. The largest absolute Gasteiger partial charge is 0.0881 e. The Morgan fingerprint density at radius 3 is 3.11 bits per heavy atom. The molecule has 3 heteroatoms. The van der Waals surface area contributed by atoms with Gasteiger partial charge in [-0.2, -0.15) is 0 Å². The summed E-state index contributed by atoms with van der Waals surface area (Å²) in [6.07, 6.45) is 7.35. The number of rotatable bonds is 1. The zero-order valence-electron chi connectivity index (χ0n) is 5.20. The Morgan fingerprint density at radius 1 is 1.67 bits per heavy atom. The van der Waals surface area contributed by atoms with Crippen molar-refractivity contribution in [2.45, 2.75) is 25.3 Å². The third kappa shape index (κ3) is 1.78. The maximum absolute atomic E-state index is 8.04. The van der Waals surface area contributed by atoms with E-state index in [4.69, 9.17) is 5.53 Å². The molecular weight excluding hydrogens is 114 g/mol. The van der Waals surface area contributed by atoms with Crippen LogP contribution >= 0.6 is 0 Å². The fourth-order valence-electron chi connectivity index (χ4n) is 0.957. The Hall–Kier alpha value is -0.950. The van der Waals surface area contributed by atoms with Crippen molar-refractivity contribution in [1.29, 1.82) is 0 Å². The molecule has 1 unspecified atom stereocenters. The highest BCUT2D eigenvalue weighted by Crippen LogP contribution is 2.12. The molecule has 1 aliphatic rings. The Labute approximate surface area is 54.0 Å². The summed E-state index contributed by atoms with van der Waals surface area (Å²) in [6.45, 7) is 0. The number of hydrogen-bond donors (Lipinski definition) is 0. The molecule has 0 bridgehead atoms. The van der Waals surface area contributed by atoms with Crippen molar-refractivity contribution in [2.75, 3.05) is 0 Å². The van der Waals surface area contributed by atoms with Crippen molar-refractivity contribution in [3.63, 3.8) is 0 Å². The van der Waals surface area contributed by atoms with Crippen LogP contribution in [-0.2, 0) is 0 Å². The lowest BCUT2D eigenvalue weighted by Gasteiger charge is -2.08. The molecule has 48 valence electrons. The van der Waals surface area contributed by atoms with E-state index in [1.807, 2.05) is 6.08 Å². The lowest BCUT2D eigenvalue weighted by atomic mass is 10.0. The Bertz CT molecular complexity index is 156. The number of nitrogens with zero attached hydrogens (tertiary/aromatic N) is 3. The van der Waals surface area contributed by atoms with Gasteiger partial charge in [0, 0.05) is 4.91 Å². The molecule has 0 amide bonds. The monoisotopic (exact) mass is 123 g/mol. The quantitative estimate of drug-likeness (QED) is 0.222. The van der Waals surface area contributed by atoms with Gasteiger partial charge in [-0.1, -0.05) is 17.3 Å². The predicted molar refractivity (Wildman–Crippen MR) is 35.9 cm³/mol. The molecule has 0 aromatic heterocycles. The van der Waals surface area contributed by atoms with E-state index in [2.05, 4.69) is 16.1 Å². The van der Waals surface area contributed by atoms with Crippen molar-refractivity contribution in [3.8, 4) is 0 Å². The first kappa shape index (κ1) is 6.17. The molecule has 1 aliphatic carbocycles. The topological polar surface area (TPSA) is 48.8 Å². The minimum absolute atomic E-state index is 0.128. The zero-order chi connectivity index (χ0) is 6.53. The van der Waals surface area contributed by atoms with E-state index in [-0.39, 0.29) is 6.04 Å². The second-order valence-electron chi connectivity index (χ2n) is 2.13. The molecule has 0 saturated carbocycles. The van der Waals surface area contributed by atoms with Crippen LogP contribution in [0.25, 0.3) is 10.4 Å². The molecule has 0 aromatic carbocycles. The van der Waals surface area contributed by atoms with Crippen molar-refractivity contribution in [2.24, 2.45) is 5.11 Å². The molecular formula is C6H9N3. The first-order chi connectivity index (χ1) is 4.43. The molecule has 3 nitrogen and oxygen atoms in total. The van der Waals surface area contributed by atoms with Crippen LogP contribution in [0.4, 0.5) is 0 Å².